The zero-order chi connectivity index (χ0) is 21.3. The van der Waals surface area contributed by atoms with Crippen LogP contribution < -0.4 is 15.4 Å². The number of hydrogen-bond donors (Lipinski definition) is 2. The molecule has 1 saturated heterocycles. The van der Waals surface area contributed by atoms with Crippen LogP contribution in [0.25, 0.3) is 0 Å². The first kappa shape index (κ1) is 21.4. The van der Waals surface area contributed by atoms with E-state index in [9.17, 15) is 14.4 Å². The Morgan fingerprint density at radius 2 is 1.73 bits per heavy atom. The van der Waals surface area contributed by atoms with Gasteiger partial charge in [-0.25, -0.2) is 0 Å². The fourth-order valence-electron chi connectivity index (χ4n) is 3.35. The molecule has 3 amide bonds. The average molecular weight is 409 g/mol. The molecular formula is C23H27N3O4. The van der Waals surface area contributed by atoms with Crippen molar-refractivity contribution >= 4 is 23.4 Å². The van der Waals surface area contributed by atoms with Crippen LogP contribution in [-0.4, -0.2) is 49.4 Å². The van der Waals surface area contributed by atoms with E-state index in [1.807, 2.05) is 4.90 Å². The number of methoxy groups -OCH3 is 1. The molecule has 1 fully saturated rings. The normalized spacial score (nSPS) is 13.0. The summed E-state index contributed by atoms with van der Waals surface area (Å²) in [5.41, 5.74) is 1.73. The van der Waals surface area contributed by atoms with Crippen molar-refractivity contribution in [1.29, 1.82) is 0 Å². The molecule has 2 aromatic rings. The second kappa shape index (κ2) is 10.4. The molecule has 0 atom stereocenters. The van der Waals surface area contributed by atoms with Crippen molar-refractivity contribution in [2.24, 2.45) is 0 Å². The number of anilines is 1. The molecule has 3 rings (SSSR count). The highest BCUT2D eigenvalue weighted by atomic mass is 16.5. The maximum Gasteiger partial charge on any atom is 0.253 e. The Bertz CT molecular complexity index is 890. The second-order valence-corrected chi connectivity index (χ2v) is 7.22. The topological polar surface area (TPSA) is 87.7 Å². The molecule has 1 heterocycles. The Labute approximate surface area is 176 Å². The van der Waals surface area contributed by atoms with Gasteiger partial charge in [0.25, 0.3) is 11.8 Å². The monoisotopic (exact) mass is 409 g/mol. The molecule has 0 unspecified atom stereocenters. The molecule has 30 heavy (non-hydrogen) atoms. The van der Waals surface area contributed by atoms with Crippen LogP contribution >= 0.6 is 0 Å². The van der Waals surface area contributed by atoms with Crippen LogP contribution in [-0.2, 0) is 4.79 Å². The third kappa shape index (κ3) is 5.83. The van der Waals surface area contributed by atoms with Crippen molar-refractivity contribution < 1.29 is 19.1 Å². The first-order chi connectivity index (χ1) is 14.6. The fourth-order valence-corrected chi connectivity index (χ4v) is 3.35. The third-order valence-corrected chi connectivity index (χ3v) is 5.00. The van der Waals surface area contributed by atoms with Crippen LogP contribution in [0.15, 0.2) is 48.5 Å². The van der Waals surface area contributed by atoms with Crippen molar-refractivity contribution in [1.82, 2.24) is 10.2 Å². The van der Waals surface area contributed by atoms with E-state index in [2.05, 4.69) is 10.6 Å². The zero-order valence-electron chi connectivity index (χ0n) is 17.1. The summed E-state index contributed by atoms with van der Waals surface area (Å²) in [6.07, 6.45) is 2.86. The third-order valence-electron chi connectivity index (χ3n) is 5.00. The van der Waals surface area contributed by atoms with E-state index in [0.29, 0.717) is 35.5 Å². The molecule has 0 bridgehead atoms. The lowest BCUT2D eigenvalue weighted by Crippen LogP contribution is -2.27. The second-order valence-electron chi connectivity index (χ2n) is 7.22. The number of carbonyl (C=O) groups is 3. The van der Waals surface area contributed by atoms with E-state index >= 15 is 0 Å². The molecule has 0 spiro atoms. The van der Waals surface area contributed by atoms with Crippen molar-refractivity contribution in [2.45, 2.75) is 25.7 Å². The van der Waals surface area contributed by atoms with E-state index in [0.717, 1.165) is 25.9 Å². The number of ether oxygens (including phenoxy) is 1. The van der Waals surface area contributed by atoms with Crippen LogP contribution in [0, 0.1) is 0 Å². The number of nitrogens with one attached hydrogen (secondary N) is 2. The first-order valence-corrected chi connectivity index (χ1v) is 10.2. The van der Waals surface area contributed by atoms with Gasteiger partial charge in [-0.05, 0) is 61.7 Å². The minimum atomic E-state index is -0.189. The maximum absolute atomic E-state index is 12.5. The molecular weight excluding hydrogens is 382 g/mol. The van der Waals surface area contributed by atoms with E-state index in [1.54, 1.807) is 55.6 Å². The lowest BCUT2D eigenvalue weighted by atomic mass is 10.1. The van der Waals surface area contributed by atoms with Crippen molar-refractivity contribution in [2.75, 3.05) is 32.1 Å². The maximum atomic E-state index is 12.5. The Hall–Kier alpha value is -3.35. The predicted molar refractivity (Wildman–Crippen MR) is 115 cm³/mol. The summed E-state index contributed by atoms with van der Waals surface area (Å²) in [5, 5.41) is 5.62. The lowest BCUT2D eigenvalue weighted by molar-refractivity contribution is -0.116. The summed E-state index contributed by atoms with van der Waals surface area (Å²) in [6.45, 7) is 1.97. The summed E-state index contributed by atoms with van der Waals surface area (Å²) in [4.78, 5) is 38.6. The van der Waals surface area contributed by atoms with Gasteiger partial charge in [-0.2, -0.15) is 0 Å². The van der Waals surface area contributed by atoms with Crippen LogP contribution in [0.3, 0.4) is 0 Å². The van der Waals surface area contributed by atoms with Crippen LogP contribution in [0.5, 0.6) is 5.75 Å². The van der Waals surface area contributed by atoms with E-state index in [1.165, 1.54) is 0 Å². The van der Waals surface area contributed by atoms with Crippen LogP contribution in [0.4, 0.5) is 5.69 Å². The molecule has 158 valence electrons. The van der Waals surface area contributed by atoms with Gasteiger partial charge in [-0.1, -0.05) is 6.07 Å². The number of likely N-dealkylation sites (tertiary alicyclic amines) is 1. The van der Waals surface area contributed by atoms with Crippen molar-refractivity contribution in [3.8, 4) is 5.75 Å². The summed E-state index contributed by atoms with van der Waals surface area (Å²) in [6, 6.07) is 13.9. The molecule has 2 aromatic carbocycles. The number of carbonyl (C=O) groups excluding carboxylic acids is 3. The number of hydrogen-bond acceptors (Lipinski definition) is 4. The number of benzene rings is 2. The van der Waals surface area contributed by atoms with Gasteiger partial charge in [0.1, 0.15) is 5.75 Å². The summed E-state index contributed by atoms with van der Waals surface area (Å²) in [7, 11) is 1.57. The minimum absolute atomic E-state index is 0.00448. The quantitative estimate of drug-likeness (QED) is 0.656. The van der Waals surface area contributed by atoms with Gasteiger partial charge in [0, 0.05) is 42.9 Å². The lowest BCUT2D eigenvalue weighted by Gasteiger charge is -2.15. The van der Waals surface area contributed by atoms with E-state index < -0.39 is 0 Å². The highest BCUT2D eigenvalue weighted by molar-refractivity contribution is 5.97. The predicted octanol–water partition coefficient (Wildman–Crippen LogP) is 3.08. The van der Waals surface area contributed by atoms with Crippen LogP contribution in [0.1, 0.15) is 46.4 Å². The standard InChI is InChI=1S/C23H27N3O4/c1-30-20-11-9-17(10-12-20)22(28)24-13-5-8-21(27)25-19-7-4-6-18(16-19)23(29)26-14-2-3-15-26/h4,6-7,9-12,16H,2-3,5,8,13-15H2,1H3,(H,24,28)(H,25,27). The molecule has 7 nitrogen and oxygen atoms in total. The molecule has 1 aliphatic heterocycles. The molecule has 0 aromatic heterocycles. The summed E-state index contributed by atoms with van der Waals surface area (Å²) in [5.74, 6) is 0.352. The Kier molecular flexibility index (Phi) is 7.43. The Morgan fingerprint density at radius 3 is 2.43 bits per heavy atom. The Balaban J connectivity index is 1.41. The van der Waals surface area contributed by atoms with Gasteiger partial charge in [0.05, 0.1) is 7.11 Å². The fraction of sp³-hybridized carbons (Fsp3) is 0.348. The number of amides is 3. The van der Waals surface area contributed by atoms with Gasteiger partial charge < -0.3 is 20.3 Å². The van der Waals surface area contributed by atoms with Gasteiger partial charge in [-0.15, -0.1) is 0 Å². The molecule has 0 aliphatic carbocycles. The SMILES string of the molecule is COc1ccc(C(=O)NCCCC(=O)Nc2cccc(C(=O)N3CCCC3)c2)cc1. The largest absolute Gasteiger partial charge is 0.497 e. The van der Waals surface area contributed by atoms with Crippen molar-refractivity contribution in [3.05, 3.63) is 59.7 Å². The highest BCUT2D eigenvalue weighted by Gasteiger charge is 2.19. The summed E-state index contributed by atoms with van der Waals surface area (Å²) >= 11 is 0. The number of rotatable bonds is 8. The zero-order valence-corrected chi connectivity index (χ0v) is 17.1. The Morgan fingerprint density at radius 1 is 1.00 bits per heavy atom. The molecule has 1 aliphatic rings. The number of nitrogens with zero attached hydrogens (tertiary/aromatic N) is 1. The van der Waals surface area contributed by atoms with E-state index in [-0.39, 0.29) is 24.1 Å². The highest BCUT2D eigenvalue weighted by Crippen LogP contribution is 2.17. The van der Waals surface area contributed by atoms with Gasteiger partial charge in [-0.3, -0.25) is 14.4 Å². The smallest absolute Gasteiger partial charge is 0.253 e. The van der Waals surface area contributed by atoms with Gasteiger partial charge in [0.2, 0.25) is 5.91 Å². The van der Waals surface area contributed by atoms with E-state index in [4.69, 9.17) is 4.74 Å². The summed E-state index contributed by atoms with van der Waals surface area (Å²) < 4.78 is 5.07. The molecule has 0 radical (unpaired) electrons. The van der Waals surface area contributed by atoms with Gasteiger partial charge >= 0.3 is 0 Å². The molecule has 0 saturated carbocycles. The average Bonchev–Trinajstić information content (AvgIpc) is 3.31. The molecule has 7 heteroatoms. The first-order valence-electron chi connectivity index (χ1n) is 10.2. The van der Waals surface area contributed by atoms with Crippen molar-refractivity contribution in [3.63, 3.8) is 0 Å². The minimum Gasteiger partial charge on any atom is -0.497 e. The van der Waals surface area contributed by atoms with Crippen LogP contribution in [0.2, 0.25) is 0 Å². The van der Waals surface area contributed by atoms with Gasteiger partial charge in [0.15, 0.2) is 0 Å². The molecule has 2 N–H and O–H groups in total.